The Morgan fingerprint density at radius 3 is 2.00 bits per heavy atom. The molecule has 0 N–H and O–H groups in total. The van der Waals surface area contributed by atoms with Crippen LogP contribution in [0.5, 0.6) is 0 Å². The van der Waals surface area contributed by atoms with Crippen LogP contribution in [0.3, 0.4) is 0 Å². The molecule has 0 aliphatic carbocycles. The maximum Gasteiger partial charge on any atom is -0.0414 e. The highest BCUT2D eigenvalue weighted by molar-refractivity contribution is 4.65. The summed E-state index contributed by atoms with van der Waals surface area (Å²) >= 11 is 0. The van der Waals surface area contributed by atoms with Crippen LogP contribution in [0.1, 0.15) is 79.6 Å². The molecule has 2 atom stereocenters. The minimum absolute atomic E-state index is 0.856. The minimum atomic E-state index is 0.856. The number of hydrogen-bond acceptors (Lipinski definition) is 0. The van der Waals surface area contributed by atoms with Crippen molar-refractivity contribution in [3.8, 4) is 0 Å². The van der Waals surface area contributed by atoms with Crippen molar-refractivity contribution in [1.82, 2.24) is 0 Å². The third kappa shape index (κ3) is 7.88. The molecule has 92 valence electrons. The van der Waals surface area contributed by atoms with Crippen LogP contribution in [-0.2, 0) is 0 Å². The maximum absolute atomic E-state index is 2.42. The van der Waals surface area contributed by atoms with Gasteiger partial charge in [0, 0.05) is 0 Å². The summed E-state index contributed by atoms with van der Waals surface area (Å²) in [5, 5.41) is 0. The SMILES string of the molecule is CCCCCCC(CC)CC(C)C(C)C. The largest absolute Gasteiger partial charge is 0.0654 e. The Balaban J connectivity index is 3.63. The van der Waals surface area contributed by atoms with E-state index in [1.165, 1.54) is 44.9 Å². The first-order valence-corrected chi connectivity index (χ1v) is 7.11. The van der Waals surface area contributed by atoms with E-state index in [0.29, 0.717) is 0 Å². The fourth-order valence-electron chi connectivity index (χ4n) is 2.15. The van der Waals surface area contributed by atoms with Crippen molar-refractivity contribution in [2.45, 2.75) is 79.6 Å². The van der Waals surface area contributed by atoms with E-state index in [-0.39, 0.29) is 0 Å². The van der Waals surface area contributed by atoms with Crippen LogP contribution in [-0.4, -0.2) is 0 Å². The first-order chi connectivity index (χ1) is 7.11. The predicted molar refractivity (Wildman–Crippen MR) is 71.2 cm³/mol. The van der Waals surface area contributed by atoms with Gasteiger partial charge in [-0.05, 0) is 24.2 Å². The zero-order valence-corrected chi connectivity index (χ0v) is 11.7. The van der Waals surface area contributed by atoms with E-state index < -0.39 is 0 Å². The second kappa shape index (κ2) is 9.24. The van der Waals surface area contributed by atoms with Crippen LogP contribution >= 0.6 is 0 Å². The summed E-state index contributed by atoms with van der Waals surface area (Å²) < 4.78 is 0. The molecule has 0 aliphatic rings. The molecule has 0 saturated heterocycles. The molecule has 2 unspecified atom stereocenters. The van der Waals surface area contributed by atoms with Gasteiger partial charge in [0.15, 0.2) is 0 Å². The van der Waals surface area contributed by atoms with Crippen molar-refractivity contribution in [2.75, 3.05) is 0 Å². The number of unbranched alkanes of at least 4 members (excludes halogenated alkanes) is 3. The highest BCUT2D eigenvalue weighted by atomic mass is 14.2. The average Bonchev–Trinajstić information content (AvgIpc) is 2.22. The van der Waals surface area contributed by atoms with Gasteiger partial charge in [0.1, 0.15) is 0 Å². The third-order valence-electron chi connectivity index (χ3n) is 3.89. The van der Waals surface area contributed by atoms with Gasteiger partial charge in [0.05, 0.1) is 0 Å². The molecule has 0 heterocycles. The van der Waals surface area contributed by atoms with E-state index in [4.69, 9.17) is 0 Å². The van der Waals surface area contributed by atoms with E-state index in [2.05, 4.69) is 34.6 Å². The quantitative estimate of drug-likeness (QED) is 0.432. The normalized spacial score (nSPS) is 15.6. The van der Waals surface area contributed by atoms with E-state index in [0.717, 1.165) is 17.8 Å². The van der Waals surface area contributed by atoms with Crippen molar-refractivity contribution in [2.24, 2.45) is 17.8 Å². The predicted octanol–water partition coefficient (Wildman–Crippen LogP) is 5.67. The van der Waals surface area contributed by atoms with Gasteiger partial charge in [0.2, 0.25) is 0 Å². The third-order valence-corrected chi connectivity index (χ3v) is 3.89. The summed E-state index contributed by atoms with van der Waals surface area (Å²) in [6.45, 7) is 11.8. The first-order valence-electron chi connectivity index (χ1n) is 7.11. The lowest BCUT2D eigenvalue weighted by atomic mass is 9.84. The summed E-state index contributed by atoms with van der Waals surface area (Å²) in [7, 11) is 0. The Morgan fingerprint density at radius 2 is 1.53 bits per heavy atom. The zero-order chi connectivity index (χ0) is 11.7. The lowest BCUT2D eigenvalue weighted by molar-refractivity contribution is 0.295. The van der Waals surface area contributed by atoms with E-state index in [9.17, 15) is 0 Å². The van der Waals surface area contributed by atoms with Gasteiger partial charge in [-0.2, -0.15) is 0 Å². The molecule has 0 rings (SSSR count). The Bertz CT molecular complexity index is 126. The molecule has 0 aliphatic heterocycles. The molecule has 0 spiro atoms. The highest BCUT2D eigenvalue weighted by Gasteiger charge is 2.13. The average molecular weight is 212 g/mol. The van der Waals surface area contributed by atoms with Gasteiger partial charge in [-0.25, -0.2) is 0 Å². The molecule has 0 saturated carbocycles. The molecule has 0 aromatic rings. The molecular weight excluding hydrogens is 180 g/mol. The van der Waals surface area contributed by atoms with Gasteiger partial charge in [-0.1, -0.05) is 73.1 Å². The monoisotopic (exact) mass is 212 g/mol. The van der Waals surface area contributed by atoms with Crippen LogP contribution in [0.25, 0.3) is 0 Å². The Morgan fingerprint density at radius 1 is 0.867 bits per heavy atom. The molecule has 0 amide bonds. The number of hydrogen-bond donors (Lipinski definition) is 0. The minimum Gasteiger partial charge on any atom is -0.0654 e. The zero-order valence-electron chi connectivity index (χ0n) is 11.7. The lowest BCUT2D eigenvalue weighted by Crippen LogP contribution is -2.10. The van der Waals surface area contributed by atoms with Crippen molar-refractivity contribution < 1.29 is 0 Å². The maximum atomic E-state index is 2.42. The summed E-state index contributed by atoms with van der Waals surface area (Å²) in [5.74, 6) is 2.75. The molecular formula is C15H32. The second-order valence-corrected chi connectivity index (χ2v) is 5.58. The van der Waals surface area contributed by atoms with Gasteiger partial charge >= 0.3 is 0 Å². The van der Waals surface area contributed by atoms with E-state index >= 15 is 0 Å². The smallest absolute Gasteiger partial charge is 0.0414 e. The molecule has 0 bridgehead atoms. The summed E-state index contributed by atoms with van der Waals surface area (Å²) in [5.41, 5.74) is 0. The number of rotatable bonds is 9. The molecule has 0 fully saturated rings. The standard InChI is InChI=1S/C15H32/c1-6-8-9-10-11-15(7-2)12-14(5)13(3)4/h13-15H,6-12H2,1-5H3. The fraction of sp³-hybridized carbons (Fsp3) is 1.00. The Kier molecular flexibility index (Phi) is 9.24. The van der Waals surface area contributed by atoms with Crippen LogP contribution in [0.15, 0.2) is 0 Å². The highest BCUT2D eigenvalue weighted by Crippen LogP contribution is 2.25. The van der Waals surface area contributed by atoms with Crippen molar-refractivity contribution in [1.29, 1.82) is 0 Å². The topological polar surface area (TPSA) is 0 Å². The van der Waals surface area contributed by atoms with Crippen molar-refractivity contribution in [3.05, 3.63) is 0 Å². The van der Waals surface area contributed by atoms with Crippen LogP contribution in [0.2, 0.25) is 0 Å². The van der Waals surface area contributed by atoms with Crippen LogP contribution in [0.4, 0.5) is 0 Å². The van der Waals surface area contributed by atoms with Gasteiger partial charge < -0.3 is 0 Å². The first kappa shape index (κ1) is 15.0. The Hall–Kier alpha value is 0. The molecule has 15 heavy (non-hydrogen) atoms. The summed E-state index contributed by atoms with van der Waals surface area (Å²) in [4.78, 5) is 0. The molecule has 0 heteroatoms. The molecule has 0 aromatic heterocycles. The molecule has 0 nitrogen and oxygen atoms in total. The second-order valence-electron chi connectivity index (χ2n) is 5.58. The Labute approximate surface area is 97.8 Å². The lowest BCUT2D eigenvalue weighted by Gasteiger charge is -2.22. The summed E-state index contributed by atoms with van der Waals surface area (Å²) in [6, 6.07) is 0. The van der Waals surface area contributed by atoms with Gasteiger partial charge in [-0.3, -0.25) is 0 Å². The molecule has 0 radical (unpaired) electrons. The molecule has 0 aromatic carbocycles. The van der Waals surface area contributed by atoms with Crippen molar-refractivity contribution >= 4 is 0 Å². The van der Waals surface area contributed by atoms with E-state index in [1.807, 2.05) is 0 Å². The van der Waals surface area contributed by atoms with E-state index in [1.54, 1.807) is 0 Å². The van der Waals surface area contributed by atoms with Crippen LogP contribution in [0, 0.1) is 17.8 Å². The summed E-state index contributed by atoms with van der Waals surface area (Å²) in [6.07, 6.45) is 9.98. The van der Waals surface area contributed by atoms with Gasteiger partial charge in [-0.15, -0.1) is 0 Å². The fourth-order valence-corrected chi connectivity index (χ4v) is 2.15. The van der Waals surface area contributed by atoms with Gasteiger partial charge in [0.25, 0.3) is 0 Å². The van der Waals surface area contributed by atoms with Crippen LogP contribution < -0.4 is 0 Å². The van der Waals surface area contributed by atoms with Crippen molar-refractivity contribution in [3.63, 3.8) is 0 Å².